The monoisotopic (exact) mass is 533 g/mol. The van der Waals surface area contributed by atoms with Gasteiger partial charge in [-0.15, -0.1) is 0 Å². The smallest absolute Gasteiger partial charge is 0.408 e. The molecule has 0 saturated carbocycles. The van der Waals surface area contributed by atoms with E-state index in [1.807, 2.05) is 52.8 Å². The van der Waals surface area contributed by atoms with E-state index >= 15 is 0 Å². The Morgan fingerprint density at radius 1 is 1.05 bits per heavy atom. The number of alkyl carbamates (subject to hydrolysis) is 1. The van der Waals surface area contributed by atoms with Gasteiger partial charge in [-0.1, -0.05) is 51.0 Å². The first-order valence-electron chi connectivity index (χ1n) is 13.5. The van der Waals surface area contributed by atoms with Crippen LogP contribution < -0.4 is 10.6 Å². The van der Waals surface area contributed by atoms with Gasteiger partial charge in [0.2, 0.25) is 11.8 Å². The molecule has 9 nitrogen and oxygen atoms in total. The predicted octanol–water partition coefficient (Wildman–Crippen LogP) is 4.59. The van der Waals surface area contributed by atoms with Crippen LogP contribution in [0.3, 0.4) is 0 Å². The molecular formula is C29H47N3O6. The van der Waals surface area contributed by atoms with E-state index in [-0.39, 0.29) is 31.4 Å². The van der Waals surface area contributed by atoms with Gasteiger partial charge in [0.25, 0.3) is 0 Å². The third-order valence-corrected chi connectivity index (χ3v) is 5.85. The van der Waals surface area contributed by atoms with E-state index in [2.05, 4.69) is 10.6 Å². The molecule has 0 radical (unpaired) electrons. The largest absolute Gasteiger partial charge is 0.466 e. The van der Waals surface area contributed by atoms with Crippen molar-refractivity contribution in [3.63, 3.8) is 0 Å². The van der Waals surface area contributed by atoms with Crippen molar-refractivity contribution >= 4 is 23.9 Å². The number of amides is 3. The van der Waals surface area contributed by atoms with E-state index in [0.29, 0.717) is 18.5 Å². The maximum absolute atomic E-state index is 14.1. The van der Waals surface area contributed by atoms with E-state index in [1.165, 1.54) is 0 Å². The fraction of sp³-hybridized carbons (Fsp3) is 0.655. The molecule has 38 heavy (non-hydrogen) atoms. The van der Waals surface area contributed by atoms with Gasteiger partial charge < -0.3 is 25.0 Å². The first kappa shape index (κ1) is 32.9. The second kappa shape index (κ2) is 15.3. The normalized spacial score (nSPS) is 12.9. The van der Waals surface area contributed by atoms with Crippen LogP contribution in [0.2, 0.25) is 0 Å². The van der Waals surface area contributed by atoms with Crippen LogP contribution >= 0.6 is 0 Å². The van der Waals surface area contributed by atoms with Gasteiger partial charge in [0.1, 0.15) is 17.7 Å². The molecule has 1 aromatic carbocycles. The zero-order chi connectivity index (χ0) is 29.0. The van der Waals surface area contributed by atoms with Gasteiger partial charge in [0.15, 0.2) is 0 Å². The molecule has 0 bridgehead atoms. The van der Waals surface area contributed by atoms with E-state index in [0.717, 1.165) is 17.5 Å². The van der Waals surface area contributed by atoms with Gasteiger partial charge >= 0.3 is 12.1 Å². The highest BCUT2D eigenvalue weighted by molar-refractivity contribution is 5.92. The van der Waals surface area contributed by atoms with Crippen molar-refractivity contribution in [1.82, 2.24) is 15.5 Å². The number of nitrogens with zero attached hydrogens (tertiary/aromatic N) is 1. The summed E-state index contributed by atoms with van der Waals surface area (Å²) in [5.41, 5.74) is 1.86. The van der Waals surface area contributed by atoms with Crippen LogP contribution in [-0.4, -0.2) is 60.1 Å². The maximum atomic E-state index is 14.1. The van der Waals surface area contributed by atoms with Crippen LogP contribution in [0.1, 0.15) is 90.5 Å². The first-order chi connectivity index (χ1) is 17.7. The SMILES string of the molecule is CCCCN(C(=O)C(NC(=O)OC(C)(C)C)C(C)C)C(C(=O)NCCC(=O)OCC)c1ccc(C)cc1C. The number of carbonyl (C=O) groups is 4. The van der Waals surface area contributed by atoms with Crippen molar-refractivity contribution < 1.29 is 28.7 Å². The molecule has 214 valence electrons. The minimum atomic E-state index is -0.946. The van der Waals surface area contributed by atoms with Gasteiger partial charge in [0.05, 0.1) is 13.0 Å². The van der Waals surface area contributed by atoms with Gasteiger partial charge in [-0.25, -0.2) is 4.79 Å². The zero-order valence-electron chi connectivity index (χ0n) is 24.6. The second-order valence-electron chi connectivity index (χ2n) is 10.9. The first-order valence-corrected chi connectivity index (χ1v) is 13.5. The standard InChI is InChI=1S/C29H47N3O6/c1-10-12-17-32(27(35)24(19(3)4)31-28(36)38-29(7,8)9)25(22-14-13-20(5)18-21(22)6)26(34)30-16-15-23(33)37-11-2/h13-14,18-19,24-25H,10-12,15-17H2,1-9H3,(H,30,34)(H,31,36). The molecule has 3 amide bonds. The zero-order valence-corrected chi connectivity index (χ0v) is 24.6. The van der Waals surface area contributed by atoms with E-state index < -0.39 is 35.7 Å². The Kier molecular flexibility index (Phi) is 13.3. The summed E-state index contributed by atoms with van der Waals surface area (Å²) in [6.45, 7) is 17.2. The fourth-order valence-electron chi connectivity index (χ4n) is 4.02. The lowest BCUT2D eigenvalue weighted by atomic mass is 9.95. The minimum Gasteiger partial charge on any atom is -0.466 e. The Morgan fingerprint density at radius 2 is 1.71 bits per heavy atom. The van der Waals surface area contributed by atoms with Crippen molar-refractivity contribution in [3.05, 3.63) is 34.9 Å². The Balaban J connectivity index is 3.44. The van der Waals surface area contributed by atoms with E-state index in [1.54, 1.807) is 32.6 Å². The molecule has 9 heteroatoms. The highest BCUT2D eigenvalue weighted by Gasteiger charge is 2.37. The number of aryl methyl sites for hydroxylation is 2. The lowest BCUT2D eigenvalue weighted by Crippen LogP contribution is -2.55. The second-order valence-corrected chi connectivity index (χ2v) is 10.9. The number of ether oxygens (including phenoxy) is 2. The molecule has 0 aliphatic carbocycles. The van der Waals surface area contributed by atoms with E-state index in [4.69, 9.17) is 9.47 Å². The third kappa shape index (κ3) is 10.7. The van der Waals surface area contributed by atoms with Crippen molar-refractivity contribution in [2.24, 2.45) is 5.92 Å². The van der Waals surface area contributed by atoms with Crippen molar-refractivity contribution in [2.45, 2.75) is 99.3 Å². The topological polar surface area (TPSA) is 114 Å². The molecule has 1 aromatic rings. The summed E-state index contributed by atoms with van der Waals surface area (Å²) in [6.07, 6.45) is 0.804. The molecule has 2 N–H and O–H groups in total. The van der Waals surface area contributed by atoms with E-state index in [9.17, 15) is 19.2 Å². The predicted molar refractivity (Wildman–Crippen MR) is 148 cm³/mol. The molecule has 0 saturated heterocycles. The van der Waals surface area contributed by atoms with Crippen molar-refractivity contribution in [3.8, 4) is 0 Å². The summed E-state index contributed by atoms with van der Waals surface area (Å²) in [4.78, 5) is 53.7. The molecule has 0 aromatic heterocycles. The molecule has 0 fully saturated rings. The van der Waals surface area contributed by atoms with Gasteiger partial charge in [-0.3, -0.25) is 14.4 Å². The van der Waals surface area contributed by atoms with Gasteiger partial charge in [0, 0.05) is 13.1 Å². The molecule has 2 atom stereocenters. The Labute approximate surface area is 228 Å². The minimum absolute atomic E-state index is 0.0247. The summed E-state index contributed by atoms with van der Waals surface area (Å²) in [5.74, 6) is -1.43. The van der Waals surface area contributed by atoms with Gasteiger partial charge in [-0.2, -0.15) is 0 Å². The highest BCUT2D eigenvalue weighted by atomic mass is 16.6. The van der Waals surface area contributed by atoms with Crippen LogP contribution in [0.4, 0.5) is 4.79 Å². The van der Waals surface area contributed by atoms with Crippen LogP contribution in [0.15, 0.2) is 18.2 Å². The average molecular weight is 534 g/mol. The van der Waals surface area contributed by atoms with Crippen LogP contribution in [-0.2, 0) is 23.9 Å². The lowest BCUT2D eigenvalue weighted by molar-refractivity contribution is -0.144. The number of rotatable bonds is 13. The molecule has 0 spiro atoms. The van der Waals surface area contributed by atoms with Crippen LogP contribution in [0.25, 0.3) is 0 Å². The summed E-state index contributed by atoms with van der Waals surface area (Å²) in [6, 6.07) is 3.89. The summed E-state index contributed by atoms with van der Waals surface area (Å²) < 4.78 is 10.4. The Morgan fingerprint density at radius 3 is 2.24 bits per heavy atom. The van der Waals surface area contributed by atoms with Crippen molar-refractivity contribution in [2.75, 3.05) is 19.7 Å². The summed E-state index contributed by atoms with van der Waals surface area (Å²) in [5, 5.41) is 5.54. The number of esters is 1. The molecule has 2 unspecified atom stereocenters. The Hall–Kier alpha value is -3.10. The average Bonchev–Trinajstić information content (AvgIpc) is 2.79. The maximum Gasteiger partial charge on any atom is 0.408 e. The third-order valence-electron chi connectivity index (χ3n) is 5.85. The molecule has 1 rings (SSSR count). The fourth-order valence-corrected chi connectivity index (χ4v) is 4.02. The van der Waals surface area contributed by atoms with Gasteiger partial charge in [-0.05, 0) is 65.0 Å². The number of hydrogen-bond acceptors (Lipinski definition) is 6. The van der Waals surface area contributed by atoms with Crippen LogP contribution in [0.5, 0.6) is 0 Å². The van der Waals surface area contributed by atoms with Crippen LogP contribution in [0, 0.1) is 19.8 Å². The number of hydrogen-bond donors (Lipinski definition) is 2. The molecule has 0 aliphatic rings. The van der Waals surface area contributed by atoms with Crippen molar-refractivity contribution in [1.29, 1.82) is 0 Å². The molecule has 0 aliphatic heterocycles. The lowest BCUT2D eigenvalue weighted by Gasteiger charge is -2.36. The molecular weight excluding hydrogens is 486 g/mol. The number of nitrogens with one attached hydrogen (secondary N) is 2. The number of unbranched alkanes of at least 4 members (excludes halogenated alkanes) is 1. The highest BCUT2D eigenvalue weighted by Crippen LogP contribution is 2.28. The number of carbonyl (C=O) groups excluding carboxylic acids is 4. The number of benzene rings is 1. The summed E-state index contributed by atoms with van der Waals surface area (Å²) >= 11 is 0. The quantitative estimate of drug-likeness (QED) is 0.359. The Bertz CT molecular complexity index is 954. The summed E-state index contributed by atoms with van der Waals surface area (Å²) in [7, 11) is 0. The molecule has 0 heterocycles.